The van der Waals surface area contributed by atoms with Crippen molar-refractivity contribution in [2.75, 3.05) is 31.6 Å². The lowest BCUT2D eigenvalue weighted by Gasteiger charge is -2.34. The van der Waals surface area contributed by atoms with Gasteiger partial charge in [-0.2, -0.15) is 0 Å². The Morgan fingerprint density at radius 2 is 2.17 bits per heavy atom. The van der Waals surface area contributed by atoms with Gasteiger partial charge in [0.05, 0.1) is 0 Å². The summed E-state index contributed by atoms with van der Waals surface area (Å²) in [6.07, 6.45) is 0.172. The summed E-state index contributed by atoms with van der Waals surface area (Å²) < 4.78 is 26.1. The number of hydrogen-bond donors (Lipinski definition) is 3. The number of aryl methyl sites for hydroxylation is 1. The zero-order chi connectivity index (χ0) is 16.4. The van der Waals surface area contributed by atoms with E-state index in [0.717, 1.165) is 48.3 Å². The molecular formula is C17H22F2N4. The number of amidine groups is 1. The molecule has 0 bridgehead atoms. The quantitative estimate of drug-likeness (QED) is 0.593. The fourth-order valence-corrected chi connectivity index (χ4v) is 3.31. The maximum Gasteiger partial charge on any atom is 0.263 e. The van der Waals surface area contributed by atoms with Crippen molar-refractivity contribution in [3.63, 3.8) is 0 Å². The first-order chi connectivity index (χ1) is 11.1. The van der Waals surface area contributed by atoms with E-state index < -0.39 is 6.43 Å². The number of hydrogen-bond acceptors (Lipinski definition) is 3. The Morgan fingerprint density at radius 3 is 2.91 bits per heavy atom. The number of alkyl halides is 2. The van der Waals surface area contributed by atoms with Crippen LogP contribution in [0.2, 0.25) is 0 Å². The Kier molecular flexibility index (Phi) is 4.61. The van der Waals surface area contributed by atoms with Gasteiger partial charge < -0.3 is 15.5 Å². The molecule has 2 heterocycles. The van der Waals surface area contributed by atoms with Crippen LogP contribution in [0.4, 0.5) is 14.5 Å². The van der Waals surface area contributed by atoms with Gasteiger partial charge in [-0.05, 0) is 24.5 Å². The van der Waals surface area contributed by atoms with Crippen LogP contribution in [-0.4, -0.2) is 32.5 Å². The van der Waals surface area contributed by atoms with Gasteiger partial charge >= 0.3 is 0 Å². The predicted octanol–water partition coefficient (Wildman–Crippen LogP) is 2.82. The fraction of sp³-hybridized carbons (Fsp3) is 0.471. The summed E-state index contributed by atoms with van der Waals surface area (Å²) in [6.45, 7) is 2.22. The third-order valence-electron chi connectivity index (χ3n) is 4.56. The second-order valence-electron chi connectivity index (χ2n) is 5.93. The van der Waals surface area contributed by atoms with Gasteiger partial charge in [-0.3, -0.25) is 5.41 Å². The number of rotatable bonds is 3. The maximum atomic E-state index is 13.0. The van der Waals surface area contributed by atoms with Gasteiger partial charge in [0.1, 0.15) is 5.84 Å². The van der Waals surface area contributed by atoms with Gasteiger partial charge in [0, 0.05) is 55.6 Å². The zero-order valence-corrected chi connectivity index (χ0v) is 13.3. The van der Waals surface area contributed by atoms with E-state index in [9.17, 15) is 8.78 Å². The molecule has 3 rings (SSSR count). The average Bonchev–Trinajstić information content (AvgIpc) is 2.60. The molecule has 0 radical (unpaired) electrons. The molecule has 1 aromatic rings. The van der Waals surface area contributed by atoms with Crippen molar-refractivity contribution in [2.24, 2.45) is 0 Å². The van der Waals surface area contributed by atoms with Crippen LogP contribution in [0, 0.1) is 5.41 Å². The predicted molar refractivity (Wildman–Crippen MR) is 88.4 cm³/mol. The Morgan fingerprint density at radius 1 is 1.35 bits per heavy atom. The minimum atomic E-state index is -2.48. The Hall–Kier alpha value is -1.95. The van der Waals surface area contributed by atoms with E-state index in [1.807, 2.05) is 11.9 Å². The Bertz CT molecular complexity index is 639. The summed E-state index contributed by atoms with van der Waals surface area (Å²) in [6, 6.07) is 4.82. The summed E-state index contributed by atoms with van der Waals surface area (Å²) in [5, 5.41) is 15.1. The van der Waals surface area contributed by atoms with Gasteiger partial charge in [0.25, 0.3) is 6.43 Å². The van der Waals surface area contributed by atoms with Gasteiger partial charge in [0.15, 0.2) is 0 Å². The summed E-state index contributed by atoms with van der Waals surface area (Å²) >= 11 is 0. The summed E-state index contributed by atoms with van der Waals surface area (Å²) in [4.78, 5) is 1.88. The van der Waals surface area contributed by atoms with Crippen molar-refractivity contribution in [2.45, 2.75) is 25.7 Å². The topological polar surface area (TPSA) is 51.2 Å². The molecule has 0 saturated heterocycles. The van der Waals surface area contributed by atoms with E-state index in [1.54, 1.807) is 12.1 Å². The third-order valence-corrected chi connectivity index (χ3v) is 4.56. The molecule has 3 N–H and O–H groups in total. The van der Waals surface area contributed by atoms with Crippen LogP contribution in [0.15, 0.2) is 29.5 Å². The average molecular weight is 320 g/mol. The molecule has 1 aromatic carbocycles. The number of nitrogens with one attached hydrogen (secondary N) is 3. The molecule has 0 aromatic heterocycles. The molecule has 0 fully saturated rings. The molecule has 0 amide bonds. The molecule has 0 saturated carbocycles. The first-order valence-corrected chi connectivity index (χ1v) is 7.99. The third kappa shape index (κ3) is 3.08. The molecule has 0 atom stereocenters. The first-order valence-electron chi connectivity index (χ1n) is 7.99. The van der Waals surface area contributed by atoms with E-state index in [1.165, 1.54) is 6.07 Å². The molecule has 124 valence electrons. The molecular weight excluding hydrogens is 298 g/mol. The highest BCUT2D eigenvalue weighted by atomic mass is 19.3. The van der Waals surface area contributed by atoms with Crippen LogP contribution in [0.5, 0.6) is 0 Å². The highest BCUT2D eigenvalue weighted by Gasteiger charge is 2.26. The van der Waals surface area contributed by atoms with Gasteiger partial charge in [-0.15, -0.1) is 0 Å². The lowest BCUT2D eigenvalue weighted by Crippen LogP contribution is -2.41. The van der Waals surface area contributed by atoms with E-state index in [0.29, 0.717) is 18.9 Å². The standard InChI is InChI=1S/C17H22F2N4/c1-21-14-6-7-22-10-13(14)17(20)23-8-2-3-11-4-5-12(16(18)19)9-15(11)23/h4-5,9,16,20-22H,2-3,6-8,10H2,1H3. The van der Waals surface area contributed by atoms with Crippen molar-refractivity contribution in [3.8, 4) is 0 Å². The van der Waals surface area contributed by atoms with E-state index >= 15 is 0 Å². The molecule has 0 unspecified atom stereocenters. The minimum Gasteiger partial charge on any atom is -0.391 e. The number of fused-ring (bicyclic) bond motifs is 1. The van der Waals surface area contributed by atoms with Crippen molar-refractivity contribution >= 4 is 11.5 Å². The monoisotopic (exact) mass is 320 g/mol. The normalized spacial score (nSPS) is 18.2. The van der Waals surface area contributed by atoms with E-state index in [2.05, 4.69) is 10.6 Å². The van der Waals surface area contributed by atoms with E-state index in [4.69, 9.17) is 5.41 Å². The SMILES string of the molecule is CNC1=C(C(=N)N2CCCc3ccc(C(F)F)cc32)CNCC1. The summed E-state index contributed by atoms with van der Waals surface area (Å²) in [5.41, 5.74) is 3.81. The van der Waals surface area contributed by atoms with Crippen molar-refractivity contribution in [1.29, 1.82) is 5.41 Å². The largest absolute Gasteiger partial charge is 0.391 e. The molecule has 23 heavy (non-hydrogen) atoms. The van der Waals surface area contributed by atoms with Crippen LogP contribution in [-0.2, 0) is 6.42 Å². The number of benzene rings is 1. The lowest BCUT2D eigenvalue weighted by molar-refractivity contribution is 0.151. The van der Waals surface area contributed by atoms with Crippen LogP contribution in [0.25, 0.3) is 0 Å². The molecule has 0 aliphatic carbocycles. The van der Waals surface area contributed by atoms with Crippen molar-refractivity contribution in [3.05, 3.63) is 40.6 Å². The molecule has 2 aliphatic heterocycles. The second-order valence-corrected chi connectivity index (χ2v) is 5.93. The van der Waals surface area contributed by atoms with Gasteiger partial charge in [0.2, 0.25) is 0 Å². The molecule has 6 heteroatoms. The number of halogens is 2. The van der Waals surface area contributed by atoms with E-state index in [-0.39, 0.29) is 5.56 Å². The van der Waals surface area contributed by atoms with Crippen molar-refractivity contribution < 1.29 is 8.78 Å². The minimum absolute atomic E-state index is 0.0213. The molecule has 2 aliphatic rings. The second kappa shape index (κ2) is 6.66. The highest BCUT2D eigenvalue weighted by molar-refractivity contribution is 6.09. The molecule has 4 nitrogen and oxygen atoms in total. The van der Waals surface area contributed by atoms with Crippen LogP contribution in [0.3, 0.4) is 0 Å². The smallest absolute Gasteiger partial charge is 0.263 e. The number of nitrogens with zero attached hydrogens (tertiary/aromatic N) is 1. The van der Waals surface area contributed by atoms with Crippen LogP contribution < -0.4 is 15.5 Å². The molecule has 0 spiro atoms. The lowest BCUT2D eigenvalue weighted by atomic mass is 9.97. The van der Waals surface area contributed by atoms with Gasteiger partial charge in [-0.1, -0.05) is 12.1 Å². The van der Waals surface area contributed by atoms with Crippen LogP contribution in [0.1, 0.15) is 30.4 Å². The highest BCUT2D eigenvalue weighted by Crippen LogP contribution is 2.33. The number of anilines is 1. The maximum absolute atomic E-state index is 13.0. The Balaban J connectivity index is 1.97. The van der Waals surface area contributed by atoms with Gasteiger partial charge in [-0.25, -0.2) is 8.78 Å². The summed E-state index contributed by atoms with van der Waals surface area (Å²) in [7, 11) is 1.87. The first kappa shape index (κ1) is 15.9. The summed E-state index contributed by atoms with van der Waals surface area (Å²) in [5.74, 6) is 0.411. The van der Waals surface area contributed by atoms with Crippen LogP contribution >= 0.6 is 0 Å². The Labute approximate surface area is 135 Å². The van der Waals surface area contributed by atoms with Crippen molar-refractivity contribution in [1.82, 2.24) is 10.6 Å². The zero-order valence-electron chi connectivity index (χ0n) is 13.3. The fourth-order valence-electron chi connectivity index (χ4n) is 3.31.